The van der Waals surface area contributed by atoms with Gasteiger partial charge >= 0.3 is 6.18 Å². The summed E-state index contributed by atoms with van der Waals surface area (Å²) in [5, 5.41) is 3.67. The van der Waals surface area contributed by atoms with Crippen LogP contribution >= 0.6 is 0 Å². The van der Waals surface area contributed by atoms with Crippen molar-refractivity contribution in [2.75, 3.05) is 6.61 Å². The van der Waals surface area contributed by atoms with Gasteiger partial charge in [0.05, 0.1) is 11.6 Å². The molecule has 2 heterocycles. The SMILES string of the molecule is FC(F)(F)c1ccn(C2CCOC3(CCC3)C2)n1. The summed E-state index contributed by atoms with van der Waals surface area (Å²) in [6.45, 7) is 0.617. The minimum atomic E-state index is -4.36. The van der Waals surface area contributed by atoms with Crippen molar-refractivity contribution in [2.24, 2.45) is 0 Å². The maximum atomic E-state index is 12.5. The summed E-state index contributed by atoms with van der Waals surface area (Å²) < 4.78 is 44.7. The second-order valence-electron chi connectivity index (χ2n) is 5.21. The van der Waals surface area contributed by atoms with Crippen LogP contribution in [0.2, 0.25) is 0 Å². The lowest BCUT2D eigenvalue weighted by molar-refractivity contribution is -0.145. The molecule has 3 nitrogen and oxygen atoms in total. The summed E-state index contributed by atoms with van der Waals surface area (Å²) in [5.74, 6) is 0. The van der Waals surface area contributed by atoms with E-state index in [0.29, 0.717) is 6.61 Å². The highest BCUT2D eigenvalue weighted by molar-refractivity contribution is 5.05. The van der Waals surface area contributed by atoms with Gasteiger partial charge in [0.25, 0.3) is 0 Å². The molecule has 1 saturated carbocycles. The molecule has 3 rings (SSSR count). The first-order valence-corrected chi connectivity index (χ1v) is 6.25. The number of aromatic nitrogens is 2. The fraction of sp³-hybridized carbons (Fsp3) is 0.750. The van der Waals surface area contributed by atoms with Crippen LogP contribution in [0.15, 0.2) is 12.3 Å². The molecule has 1 aromatic rings. The van der Waals surface area contributed by atoms with E-state index < -0.39 is 11.9 Å². The Kier molecular flexibility index (Phi) is 2.66. The monoisotopic (exact) mass is 260 g/mol. The summed E-state index contributed by atoms with van der Waals surface area (Å²) in [4.78, 5) is 0. The van der Waals surface area contributed by atoms with Crippen LogP contribution in [-0.4, -0.2) is 22.0 Å². The summed E-state index contributed by atoms with van der Waals surface area (Å²) in [5.41, 5.74) is -0.885. The highest BCUT2D eigenvalue weighted by atomic mass is 19.4. The average Bonchev–Trinajstić information content (AvgIpc) is 2.76. The lowest BCUT2D eigenvalue weighted by Crippen LogP contribution is -2.46. The first kappa shape index (κ1) is 12.0. The number of hydrogen-bond donors (Lipinski definition) is 0. The maximum absolute atomic E-state index is 12.5. The molecule has 2 fully saturated rings. The van der Waals surface area contributed by atoms with Gasteiger partial charge in [-0.25, -0.2) is 0 Å². The first-order valence-electron chi connectivity index (χ1n) is 6.25. The van der Waals surface area contributed by atoms with Crippen molar-refractivity contribution in [3.05, 3.63) is 18.0 Å². The van der Waals surface area contributed by atoms with Gasteiger partial charge in [-0.2, -0.15) is 18.3 Å². The lowest BCUT2D eigenvalue weighted by atomic mass is 9.74. The third kappa shape index (κ3) is 2.02. The van der Waals surface area contributed by atoms with Crippen molar-refractivity contribution in [3.63, 3.8) is 0 Å². The third-order valence-electron chi connectivity index (χ3n) is 4.00. The van der Waals surface area contributed by atoms with Crippen molar-refractivity contribution in [3.8, 4) is 0 Å². The molecule has 1 unspecified atom stereocenters. The quantitative estimate of drug-likeness (QED) is 0.775. The topological polar surface area (TPSA) is 27.1 Å². The Morgan fingerprint density at radius 2 is 2.17 bits per heavy atom. The Balaban J connectivity index is 1.76. The molecule has 0 aromatic carbocycles. The van der Waals surface area contributed by atoms with Crippen LogP contribution in [0.25, 0.3) is 0 Å². The van der Waals surface area contributed by atoms with E-state index in [2.05, 4.69) is 5.10 Å². The van der Waals surface area contributed by atoms with Crippen molar-refractivity contribution in [2.45, 2.75) is 49.9 Å². The van der Waals surface area contributed by atoms with Gasteiger partial charge in [-0.1, -0.05) is 0 Å². The van der Waals surface area contributed by atoms with Gasteiger partial charge < -0.3 is 4.74 Å². The molecule has 1 saturated heterocycles. The Bertz CT molecular complexity index is 437. The van der Waals surface area contributed by atoms with Crippen LogP contribution < -0.4 is 0 Å². The number of hydrogen-bond acceptors (Lipinski definition) is 2. The maximum Gasteiger partial charge on any atom is 0.435 e. The van der Waals surface area contributed by atoms with Gasteiger partial charge in [0.15, 0.2) is 5.69 Å². The molecule has 0 bridgehead atoms. The largest absolute Gasteiger partial charge is 0.435 e. The van der Waals surface area contributed by atoms with Crippen LogP contribution in [0.5, 0.6) is 0 Å². The van der Waals surface area contributed by atoms with Crippen LogP contribution in [0.4, 0.5) is 13.2 Å². The predicted molar refractivity (Wildman–Crippen MR) is 58.0 cm³/mol. The molecule has 0 radical (unpaired) electrons. The second-order valence-corrected chi connectivity index (χ2v) is 5.21. The lowest BCUT2D eigenvalue weighted by Gasteiger charge is -2.47. The molecule has 1 aliphatic carbocycles. The third-order valence-corrected chi connectivity index (χ3v) is 4.00. The number of rotatable bonds is 1. The molecular weight excluding hydrogens is 245 g/mol. The minimum Gasteiger partial charge on any atom is -0.375 e. The van der Waals surface area contributed by atoms with Gasteiger partial charge in [0.1, 0.15) is 0 Å². The van der Waals surface area contributed by atoms with Crippen molar-refractivity contribution < 1.29 is 17.9 Å². The van der Waals surface area contributed by atoms with Gasteiger partial charge in [-0.15, -0.1) is 0 Å². The van der Waals surface area contributed by atoms with E-state index >= 15 is 0 Å². The highest BCUT2D eigenvalue weighted by Gasteiger charge is 2.43. The normalized spacial score (nSPS) is 27.2. The van der Waals surface area contributed by atoms with Crippen molar-refractivity contribution >= 4 is 0 Å². The van der Waals surface area contributed by atoms with Crippen LogP contribution in [0.3, 0.4) is 0 Å². The van der Waals surface area contributed by atoms with Crippen molar-refractivity contribution in [1.82, 2.24) is 9.78 Å². The molecule has 18 heavy (non-hydrogen) atoms. The van der Waals surface area contributed by atoms with E-state index in [0.717, 1.165) is 38.2 Å². The highest BCUT2D eigenvalue weighted by Crippen LogP contribution is 2.45. The van der Waals surface area contributed by atoms with Crippen LogP contribution in [-0.2, 0) is 10.9 Å². The summed E-state index contributed by atoms with van der Waals surface area (Å²) in [6.07, 6.45) is 1.80. The fourth-order valence-corrected chi connectivity index (χ4v) is 2.84. The summed E-state index contributed by atoms with van der Waals surface area (Å²) >= 11 is 0. The van der Waals surface area contributed by atoms with Gasteiger partial charge in [-0.3, -0.25) is 4.68 Å². The van der Waals surface area contributed by atoms with Crippen LogP contribution in [0.1, 0.15) is 43.8 Å². The predicted octanol–water partition coefficient (Wildman–Crippen LogP) is 3.18. The zero-order valence-corrected chi connectivity index (χ0v) is 9.91. The molecular formula is C12H15F3N2O. The Morgan fingerprint density at radius 1 is 1.39 bits per heavy atom. The average molecular weight is 260 g/mol. The first-order chi connectivity index (χ1) is 8.49. The summed E-state index contributed by atoms with van der Waals surface area (Å²) in [6, 6.07) is 1.08. The van der Waals surface area contributed by atoms with Gasteiger partial charge in [0.2, 0.25) is 0 Å². The van der Waals surface area contributed by atoms with Gasteiger partial charge in [-0.05, 0) is 38.2 Å². The summed E-state index contributed by atoms with van der Waals surface area (Å²) in [7, 11) is 0. The molecule has 1 aliphatic heterocycles. The minimum absolute atomic E-state index is 0.0372. The van der Waals surface area contributed by atoms with E-state index in [1.54, 1.807) is 0 Å². The Morgan fingerprint density at radius 3 is 2.72 bits per heavy atom. The molecule has 1 atom stereocenters. The number of nitrogens with zero attached hydrogens (tertiary/aromatic N) is 2. The standard InChI is InChI=1S/C12H15F3N2O/c13-12(14,15)10-2-6-17(16-10)9-3-7-18-11(8-9)4-1-5-11/h2,6,9H,1,3-5,7-8H2. The number of alkyl halides is 3. The Hall–Kier alpha value is -1.04. The molecule has 0 N–H and O–H groups in total. The molecule has 1 spiro atoms. The van der Waals surface area contributed by atoms with E-state index in [4.69, 9.17) is 4.74 Å². The van der Waals surface area contributed by atoms with E-state index in [1.807, 2.05) is 0 Å². The number of halogens is 3. The van der Waals surface area contributed by atoms with E-state index in [1.165, 1.54) is 10.9 Å². The molecule has 0 amide bonds. The van der Waals surface area contributed by atoms with Crippen LogP contribution in [0, 0.1) is 0 Å². The van der Waals surface area contributed by atoms with Gasteiger partial charge in [0, 0.05) is 12.8 Å². The molecule has 6 heteroatoms. The second kappa shape index (κ2) is 3.98. The Labute approximate surface area is 103 Å². The smallest absolute Gasteiger partial charge is 0.375 e. The van der Waals surface area contributed by atoms with E-state index in [9.17, 15) is 13.2 Å². The molecule has 2 aliphatic rings. The van der Waals surface area contributed by atoms with Crippen molar-refractivity contribution in [1.29, 1.82) is 0 Å². The zero-order valence-electron chi connectivity index (χ0n) is 9.91. The number of ether oxygens (including phenoxy) is 1. The zero-order chi connectivity index (χ0) is 12.8. The molecule has 1 aromatic heterocycles. The van der Waals surface area contributed by atoms with E-state index in [-0.39, 0.29) is 11.6 Å². The molecule has 100 valence electrons. The fourth-order valence-electron chi connectivity index (χ4n) is 2.84.